The summed E-state index contributed by atoms with van der Waals surface area (Å²) in [6.45, 7) is 7.54. The van der Waals surface area contributed by atoms with E-state index in [9.17, 15) is 22.7 Å². The average molecular weight is 550 g/mol. The average Bonchev–Trinajstić information content (AvgIpc) is 2.89. The minimum Gasteiger partial charge on any atom is -0.504 e. The summed E-state index contributed by atoms with van der Waals surface area (Å²) in [7, 11) is -4.41. The van der Waals surface area contributed by atoms with E-state index in [1.54, 1.807) is 25.1 Å². The third-order valence-electron chi connectivity index (χ3n) is 6.56. The molecule has 0 unspecified atom stereocenters. The summed E-state index contributed by atoms with van der Waals surface area (Å²) < 4.78 is 41.0. The number of rotatable bonds is 9. The number of H-pyrrole nitrogens is 1. The lowest BCUT2D eigenvalue weighted by Crippen LogP contribution is -2.30. The number of unbranched alkanes of at least 4 members (excludes halogenated alkanes) is 1. The molecule has 7 nitrogen and oxygen atoms in total. The lowest BCUT2D eigenvalue weighted by molar-refractivity contribution is 0.453. The molecule has 0 amide bonds. The number of aromatic amines is 1. The molecule has 2 aromatic carbocycles. The smallest absolute Gasteiger partial charge is 0.271 e. The van der Waals surface area contributed by atoms with Crippen LogP contribution in [-0.2, 0) is 16.3 Å². The summed E-state index contributed by atoms with van der Waals surface area (Å²) in [5.74, 6) is -1.18. The van der Waals surface area contributed by atoms with Gasteiger partial charge in [0.2, 0.25) is 15.8 Å². The van der Waals surface area contributed by atoms with Crippen LogP contribution in [0, 0.1) is 12.9 Å². The first kappa shape index (κ1) is 28.0. The molecule has 0 saturated carbocycles. The van der Waals surface area contributed by atoms with Crippen LogP contribution in [0.1, 0.15) is 45.0 Å². The Morgan fingerprint density at radius 2 is 1.69 bits per heavy atom. The molecule has 0 spiro atoms. The second-order valence-electron chi connectivity index (χ2n) is 9.66. The zero-order chi connectivity index (χ0) is 28.3. The normalized spacial score (nSPS) is 11.6. The van der Waals surface area contributed by atoms with Gasteiger partial charge in [-0.05, 0) is 75.6 Å². The highest BCUT2D eigenvalue weighted by Gasteiger charge is 2.32. The fourth-order valence-electron chi connectivity index (χ4n) is 4.70. The molecule has 0 radical (unpaired) electrons. The molecule has 0 aliphatic rings. The standard InChI is InChI=1S/C30H32FN3O4S/c1-5-6-12-25-27(34(19(2)3)22-10-8-7-9-11-22)28(35)29(30(36)33-25)39(37,38)23-15-13-21(14-16-23)24-17-18-26(31)32-20(24)4/h7-11,13-19H,5-6,12H2,1-4H3,(H2,33,35,36). The van der Waals surface area contributed by atoms with Gasteiger partial charge in [0, 0.05) is 28.7 Å². The Labute approximate surface area is 227 Å². The van der Waals surface area contributed by atoms with E-state index in [1.807, 2.05) is 56.0 Å². The maximum atomic E-state index is 13.8. The Bertz CT molecular complexity index is 1630. The van der Waals surface area contributed by atoms with E-state index in [4.69, 9.17) is 0 Å². The van der Waals surface area contributed by atoms with E-state index in [2.05, 4.69) is 9.97 Å². The van der Waals surface area contributed by atoms with E-state index >= 15 is 0 Å². The van der Waals surface area contributed by atoms with Crippen molar-refractivity contribution < 1.29 is 17.9 Å². The molecule has 4 aromatic rings. The van der Waals surface area contributed by atoms with Crippen LogP contribution in [0.5, 0.6) is 5.75 Å². The van der Waals surface area contributed by atoms with Crippen molar-refractivity contribution in [2.24, 2.45) is 0 Å². The summed E-state index contributed by atoms with van der Waals surface area (Å²) in [6.07, 6.45) is 2.06. The summed E-state index contributed by atoms with van der Waals surface area (Å²) in [5.41, 5.74) is 2.38. The number of sulfone groups is 1. The molecule has 9 heteroatoms. The van der Waals surface area contributed by atoms with Gasteiger partial charge in [0.05, 0.1) is 4.90 Å². The molecule has 204 valence electrons. The zero-order valence-corrected chi connectivity index (χ0v) is 23.2. The fraction of sp³-hybridized carbons (Fsp3) is 0.267. The van der Waals surface area contributed by atoms with Gasteiger partial charge in [-0.2, -0.15) is 4.39 Å². The van der Waals surface area contributed by atoms with Crippen LogP contribution in [0.4, 0.5) is 15.8 Å². The molecule has 0 atom stereocenters. The van der Waals surface area contributed by atoms with Gasteiger partial charge in [0.15, 0.2) is 10.6 Å². The van der Waals surface area contributed by atoms with Gasteiger partial charge in [0.25, 0.3) is 5.56 Å². The van der Waals surface area contributed by atoms with Gasteiger partial charge in [-0.15, -0.1) is 0 Å². The van der Waals surface area contributed by atoms with Crippen LogP contribution in [-0.4, -0.2) is 29.5 Å². The molecule has 39 heavy (non-hydrogen) atoms. The van der Waals surface area contributed by atoms with Crippen molar-refractivity contribution in [2.75, 3.05) is 4.90 Å². The number of aromatic nitrogens is 2. The number of aryl methyl sites for hydroxylation is 2. The third kappa shape index (κ3) is 5.59. The summed E-state index contributed by atoms with van der Waals surface area (Å²) in [5, 5.41) is 11.5. The van der Waals surface area contributed by atoms with Crippen LogP contribution in [0.3, 0.4) is 0 Å². The predicted octanol–water partition coefficient (Wildman–Crippen LogP) is 6.31. The maximum Gasteiger partial charge on any atom is 0.271 e. The minimum atomic E-state index is -4.41. The van der Waals surface area contributed by atoms with Crippen molar-refractivity contribution in [3.63, 3.8) is 0 Å². The first-order valence-corrected chi connectivity index (χ1v) is 14.4. The van der Waals surface area contributed by atoms with Crippen molar-refractivity contribution in [3.05, 3.63) is 94.4 Å². The monoisotopic (exact) mass is 549 g/mol. The molecule has 0 aliphatic carbocycles. The molecule has 2 aromatic heterocycles. The van der Waals surface area contributed by atoms with Crippen LogP contribution >= 0.6 is 0 Å². The Kier molecular flexibility index (Phi) is 8.20. The molecule has 0 fully saturated rings. The highest BCUT2D eigenvalue weighted by Crippen LogP contribution is 2.41. The van der Waals surface area contributed by atoms with Gasteiger partial charge >= 0.3 is 0 Å². The van der Waals surface area contributed by atoms with E-state index in [0.717, 1.165) is 18.5 Å². The second kappa shape index (κ2) is 11.4. The summed E-state index contributed by atoms with van der Waals surface area (Å²) >= 11 is 0. The summed E-state index contributed by atoms with van der Waals surface area (Å²) in [6, 6.07) is 17.9. The number of hydrogen-bond acceptors (Lipinski definition) is 6. The van der Waals surface area contributed by atoms with Gasteiger partial charge in [0.1, 0.15) is 5.69 Å². The van der Waals surface area contributed by atoms with Crippen LogP contribution < -0.4 is 10.5 Å². The van der Waals surface area contributed by atoms with Crippen molar-refractivity contribution in [3.8, 4) is 16.9 Å². The highest BCUT2D eigenvalue weighted by atomic mass is 32.2. The number of nitrogens with one attached hydrogen (secondary N) is 1. The van der Waals surface area contributed by atoms with Gasteiger partial charge in [-0.25, -0.2) is 13.4 Å². The largest absolute Gasteiger partial charge is 0.504 e. The summed E-state index contributed by atoms with van der Waals surface area (Å²) in [4.78, 5) is 20.8. The van der Waals surface area contributed by atoms with E-state index in [0.29, 0.717) is 28.9 Å². The number of halogens is 1. The Balaban J connectivity index is 1.88. The van der Waals surface area contributed by atoms with E-state index < -0.39 is 32.0 Å². The van der Waals surface area contributed by atoms with Gasteiger partial charge in [-0.1, -0.05) is 43.7 Å². The quantitative estimate of drug-likeness (QED) is 0.237. The number of pyridine rings is 2. The minimum absolute atomic E-state index is 0.150. The van der Waals surface area contributed by atoms with Crippen LogP contribution in [0.15, 0.2) is 81.3 Å². The Morgan fingerprint density at radius 3 is 2.28 bits per heavy atom. The van der Waals surface area contributed by atoms with Gasteiger partial charge in [-0.3, -0.25) is 4.79 Å². The first-order valence-electron chi connectivity index (χ1n) is 12.9. The van der Waals surface area contributed by atoms with E-state index in [-0.39, 0.29) is 16.6 Å². The van der Waals surface area contributed by atoms with Crippen molar-refractivity contribution in [1.29, 1.82) is 0 Å². The Morgan fingerprint density at radius 1 is 1.03 bits per heavy atom. The number of hydrogen-bond donors (Lipinski definition) is 2. The van der Waals surface area contributed by atoms with Crippen molar-refractivity contribution in [1.82, 2.24) is 9.97 Å². The lowest BCUT2D eigenvalue weighted by Gasteiger charge is -2.32. The molecule has 0 saturated heterocycles. The zero-order valence-electron chi connectivity index (χ0n) is 22.4. The number of aromatic hydroxyl groups is 1. The molecule has 2 heterocycles. The number of anilines is 2. The molecule has 0 bridgehead atoms. The third-order valence-corrected chi connectivity index (χ3v) is 8.37. The molecular weight excluding hydrogens is 517 g/mol. The highest BCUT2D eigenvalue weighted by molar-refractivity contribution is 7.91. The molecular formula is C30H32FN3O4S. The SMILES string of the molecule is CCCCc1[nH]c(=O)c(S(=O)(=O)c2ccc(-c3ccc(F)nc3C)cc2)c(O)c1N(c1ccccc1)C(C)C. The maximum absolute atomic E-state index is 13.8. The first-order chi connectivity index (χ1) is 18.6. The van der Waals surface area contributed by atoms with Gasteiger partial charge < -0.3 is 15.0 Å². The topological polar surface area (TPSA) is 103 Å². The number of para-hydroxylation sites is 1. The molecule has 2 N–H and O–H groups in total. The number of benzene rings is 2. The fourth-order valence-corrected chi connectivity index (χ4v) is 6.07. The number of nitrogens with zero attached hydrogens (tertiary/aromatic N) is 2. The molecule has 4 rings (SSSR count). The Hall–Kier alpha value is -3.98. The second-order valence-corrected chi connectivity index (χ2v) is 11.5. The van der Waals surface area contributed by atoms with Crippen molar-refractivity contribution in [2.45, 2.75) is 62.8 Å². The predicted molar refractivity (Wildman–Crippen MR) is 151 cm³/mol. The van der Waals surface area contributed by atoms with Crippen LogP contribution in [0.25, 0.3) is 11.1 Å². The molecule has 0 aliphatic heterocycles. The lowest BCUT2D eigenvalue weighted by atomic mass is 10.1. The van der Waals surface area contributed by atoms with Crippen molar-refractivity contribution >= 4 is 21.2 Å². The van der Waals surface area contributed by atoms with E-state index in [1.165, 1.54) is 18.2 Å². The van der Waals surface area contributed by atoms with Crippen LogP contribution in [0.2, 0.25) is 0 Å².